The largest absolute Gasteiger partial charge is 0.362 e. The minimum atomic E-state index is -1.88. The van der Waals surface area contributed by atoms with Crippen LogP contribution in [0.5, 0.6) is 0 Å². The van der Waals surface area contributed by atoms with Crippen molar-refractivity contribution >= 4 is 63.7 Å². The van der Waals surface area contributed by atoms with Gasteiger partial charge in [0.2, 0.25) is 3.79 Å². The van der Waals surface area contributed by atoms with Crippen molar-refractivity contribution in [3.05, 3.63) is 69.2 Å². The Labute approximate surface area is 163 Å². The fourth-order valence-electron chi connectivity index (χ4n) is 1.89. The molecule has 0 aliphatic heterocycles. The van der Waals surface area contributed by atoms with Crippen LogP contribution in [0.1, 0.15) is 10.4 Å². The molecule has 0 heterocycles. The summed E-state index contributed by atoms with van der Waals surface area (Å²) in [5.41, 5.74) is 0.629. The van der Waals surface area contributed by atoms with Crippen LogP contribution in [-0.2, 0) is 0 Å². The van der Waals surface area contributed by atoms with Crippen molar-refractivity contribution in [1.82, 2.24) is 5.32 Å². The van der Waals surface area contributed by atoms with Crippen LogP contribution in [-0.4, -0.2) is 20.8 Å². The Morgan fingerprint density at radius 1 is 1.12 bits per heavy atom. The van der Waals surface area contributed by atoms with Crippen molar-refractivity contribution in [2.45, 2.75) is 9.96 Å². The quantitative estimate of drug-likeness (QED) is 0.314. The van der Waals surface area contributed by atoms with Gasteiger partial charge in [-0.25, -0.2) is 0 Å². The van der Waals surface area contributed by atoms with E-state index in [4.69, 9.17) is 46.4 Å². The van der Waals surface area contributed by atoms with Gasteiger partial charge in [-0.15, -0.1) is 0 Å². The summed E-state index contributed by atoms with van der Waals surface area (Å²) < 4.78 is -1.88. The summed E-state index contributed by atoms with van der Waals surface area (Å²) in [7, 11) is 0. The average molecular weight is 423 g/mol. The Hall–Kier alpha value is -1.73. The Morgan fingerprint density at radius 2 is 1.76 bits per heavy atom. The van der Waals surface area contributed by atoms with Gasteiger partial charge < -0.3 is 10.6 Å². The fraction of sp³-hybridized carbons (Fsp3) is 0.133. The summed E-state index contributed by atoms with van der Waals surface area (Å²) in [6.07, 6.45) is -1.09. The van der Waals surface area contributed by atoms with E-state index in [0.717, 1.165) is 0 Å². The van der Waals surface area contributed by atoms with Crippen LogP contribution in [0.2, 0.25) is 5.02 Å². The number of carbonyl (C=O) groups excluding carboxylic acids is 1. The van der Waals surface area contributed by atoms with Crippen molar-refractivity contribution in [2.24, 2.45) is 0 Å². The molecule has 0 spiro atoms. The number of nitrogens with one attached hydrogen (secondary N) is 2. The number of nitro groups is 1. The van der Waals surface area contributed by atoms with Crippen LogP contribution < -0.4 is 10.6 Å². The van der Waals surface area contributed by atoms with Gasteiger partial charge in [-0.2, -0.15) is 0 Å². The molecule has 0 aliphatic rings. The number of hydrogen-bond donors (Lipinski definition) is 2. The number of hydrogen-bond acceptors (Lipinski definition) is 4. The lowest BCUT2D eigenvalue weighted by atomic mass is 10.2. The first-order valence-electron chi connectivity index (χ1n) is 6.81. The van der Waals surface area contributed by atoms with Gasteiger partial charge in [-0.1, -0.05) is 52.5 Å². The standard InChI is InChI=1S/C15H11Cl4N3O3/c16-10-3-1-2-9(8-10)13(23)21-14(15(17,18)19)20-11-4-6-12(7-5-11)22(24)25/h1-8,14,20H,(H,21,23)/t14-/m0/s1. The smallest absolute Gasteiger partial charge is 0.269 e. The molecule has 0 radical (unpaired) electrons. The van der Waals surface area contributed by atoms with Crippen LogP contribution in [0.3, 0.4) is 0 Å². The number of non-ortho nitro benzene ring substituents is 1. The van der Waals surface area contributed by atoms with E-state index in [1.165, 1.54) is 30.3 Å². The highest BCUT2D eigenvalue weighted by molar-refractivity contribution is 6.68. The maximum Gasteiger partial charge on any atom is 0.269 e. The van der Waals surface area contributed by atoms with E-state index in [0.29, 0.717) is 10.7 Å². The second-order valence-corrected chi connectivity index (χ2v) is 7.71. The third kappa shape index (κ3) is 5.64. The lowest BCUT2D eigenvalue weighted by Gasteiger charge is -2.27. The Morgan fingerprint density at radius 3 is 2.28 bits per heavy atom. The summed E-state index contributed by atoms with van der Waals surface area (Å²) >= 11 is 23.6. The molecular weight excluding hydrogens is 412 g/mol. The molecule has 25 heavy (non-hydrogen) atoms. The predicted molar refractivity (Wildman–Crippen MR) is 99.7 cm³/mol. The molecule has 0 saturated carbocycles. The first-order valence-corrected chi connectivity index (χ1v) is 8.32. The molecule has 132 valence electrons. The third-order valence-corrected chi connectivity index (χ3v) is 3.97. The minimum Gasteiger partial charge on any atom is -0.362 e. The van der Waals surface area contributed by atoms with Crippen molar-refractivity contribution < 1.29 is 9.72 Å². The Bertz CT molecular complexity index is 778. The van der Waals surface area contributed by atoms with Gasteiger partial charge >= 0.3 is 0 Å². The molecule has 0 bridgehead atoms. The van der Waals surface area contributed by atoms with Crippen LogP contribution in [0.25, 0.3) is 0 Å². The van der Waals surface area contributed by atoms with E-state index in [1.54, 1.807) is 18.2 Å². The SMILES string of the molecule is O=C(N[C@H](Nc1ccc([N+](=O)[O-])cc1)C(Cl)(Cl)Cl)c1cccc(Cl)c1. The summed E-state index contributed by atoms with van der Waals surface area (Å²) in [6, 6.07) is 11.7. The van der Waals surface area contributed by atoms with Gasteiger partial charge in [0.05, 0.1) is 4.92 Å². The summed E-state index contributed by atoms with van der Waals surface area (Å²) in [6.45, 7) is 0. The number of carbonyl (C=O) groups is 1. The number of nitrogens with zero attached hydrogens (tertiary/aromatic N) is 1. The van der Waals surface area contributed by atoms with E-state index in [9.17, 15) is 14.9 Å². The molecular formula is C15H11Cl4N3O3. The second kappa shape index (κ2) is 8.10. The maximum absolute atomic E-state index is 12.3. The van der Waals surface area contributed by atoms with Gasteiger partial charge in [0.25, 0.3) is 11.6 Å². The predicted octanol–water partition coefficient (Wildman–Crippen LogP) is 4.79. The zero-order chi connectivity index (χ0) is 18.6. The Kier molecular flexibility index (Phi) is 6.35. The third-order valence-electron chi connectivity index (χ3n) is 3.08. The molecule has 6 nitrogen and oxygen atoms in total. The summed E-state index contributed by atoms with van der Waals surface area (Å²) in [5.74, 6) is -0.506. The number of rotatable bonds is 5. The highest BCUT2D eigenvalue weighted by Crippen LogP contribution is 2.31. The molecule has 0 saturated heterocycles. The molecule has 0 aromatic heterocycles. The minimum absolute atomic E-state index is 0.0843. The highest BCUT2D eigenvalue weighted by atomic mass is 35.6. The molecule has 0 aliphatic carbocycles. The van der Waals surface area contributed by atoms with Crippen LogP contribution in [0, 0.1) is 10.1 Å². The van der Waals surface area contributed by atoms with Gasteiger partial charge in [-0.05, 0) is 30.3 Å². The van der Waals surface area contributed by atoms with Crippen LogP contribution in [0.15, 0.2) is 48.5 Å². The molecule has 2 rings (SSSR count). The van der Waals surface area contributed by atoms with Gasteiger partial charge in [0.1, 0.15) is 6.17 Å². The molecule has 1 amide bonds. The molecule has 2 aromatic carbocycles. The van der Waals surface area contributed by atoms with E-state index < -0.39 is 20.8 Å². The number of alkyl halides is 3. The van der Waals surface area contributed by atoms with E-state index >= 15 is 0 Å². The maximum atomic E-state index is 12.3. The Balaban J connectivity index is 2.16. The lowest BCUT2D eigenvalue weighted by molar-refractivity contribution is -0.384. The monoisotopic (exact) mass is 421 g/mol. The number of nitro benzene ring substituents is 1. The van der Waals surface area contributed by atoms with Crippen molar-refractivity contribution in [1.29, 1.82) is 0 Å². The number of anilines is 1. The molecule has 1 atom stereocenters. The fourth-order valence-corrected chi connectivity index (χ4v) is 2.41. The van der Waals surface area contributed by atoms with Crippen LogP contribution in [0.4, 0.5) is 11.4 Å². The van der Waals surface area contributed by atoms with Crippen LogP contribution >= 0.6 is 46.4 Å². The average Bonchev–Trinajstić information content (AvgIpc) is 2.53. The molecule has 2 aromatic rings. The topological polar surface area (TPSA) is 84.3 Å². The van der Waals surface area contributed by atoms with Crippen molar-refractivity contribution in [3.63, 3.8) is 0 Å². The summed E-state index contributed by atoms with van der Waals surface area (Å²) in [4.78, 5) is 22.5. The number of benzene rings is 2. The van der Waals surface area contributed by atoms with Crippen molar-refractivity contribution in [3.8, 4) is 0 Å². The molecule has 10 heteroatoms. The van der Waals surface area contributed by atoms with Crippen molar-refractivity contribution in [2.75, 3.05) is 5.32 Å². The van der Waals surface area contributed by atoms with E-state index in [-0.39, 0.29) is 11.3 Å². The van der Waals surface area contributed by atoms with E-state index in [2.05, 4.69) is 10.6 Å². The molecule has 2 N–H and O–H groups in total. The van der Waals surface area contributed by atoms with Gasteiger partial charge in [0, 0.05) is 28.4 Å². The number of halogens is 4. The second-order valence-electron chi connectivity index (χ2n) is 4.91. The normalized spacial score (nSPS) is 12.3. The first kappa shape index (κ1) is 19.6. The zero-order valence-electron chi connectivity index (χ0n) is 12.4. The highest BCUT2D eigenvalue weighted by Gasteiger charge is 2.34. The van der Waals surface area contributed by atoms with Gasteiger partial charge in [-0.3, -0.25) is 14.9 Å². The zero-order valence-corrected chi connectivity index (χ0v) is 15.4. The number of amides is 1. The van der Waals surface area contributed by atoms with Gasteiger partial charge in [0.15, 0.2) is 0 Å². The first-order chi connectivity index (χ1) is 11.7. The lowest BCUT2D eigenvalue weighted by Crippen LogP contribution is -2.49. The summed E-state index contributed by atoms with van der Waals surface area (Å²) in [5, 5.41) is 16.4. The van der Waals surface area contributed by atoms with E-state index in [1.807, 2.05) is 0 Å². The molecule has 0 fully saturated rings. The molecule has 0 unspecified atom stereocenters.